The lowest BCUT2D eigenvalue weighted by Crippen LogP contribution is -2.17. The molecule has 0 saturated heterocycles. The van der Waals surface area contributed by atoms with E-state index in [4.69, 9.17) is 5.84 Å². The number of nitrogens with one attached hydrogen (secondary N) is 2. The highest BCUT2D eigenvalue weighted by molar-refractivity contribution is 7.92. The Morgan fingerprint density at radius 2 is 1.52 bits per heavy atom. The maximum atomic E-state index is 12.6. The number of benzene rings is 2. The summed E-state index contributed by atoms with van der Waals surface area (Å²) in [6.45, 7) is 5.36. The number of hydrazine groups is 1. The molecule has 0 radical (unpaired) electrons. The van der Waals surface area contributed by atoms with Crippen LogP contribution in [-0.2, 0) is 10.0 Å². The summed E-state index contributed by atoms with van der Waals surface area (Å²) in [4.78, 5) is 0.282. The van der Waals surface area contributed by atoms with Crippen LogP contribution in [0.1, 0.15) is 16.7 Å². The summed E-state index contributed by atoms with van der Waals surface area (Å²) in [6.07, 6.45) is 0. The number of hydrogen-bond donors (Lipinski definition) is 3. The molecule has 0 amide bonds. The molecule has 0 bridgehead atoms. The van der Waals surface area contributed by atoms with Gasteiger partial charge in [0.25, 0.3) is 10.0 Å². The standard InChI is InChI=1S/C15H19N3O2S/c1-10-6-4-5-7-14(10)18-21(19,20)15-11(2)8-13(17-16)9-12(15)3/h4-9,17-18H,16H2,1-3H3. The Hall–Kier alpha value is -2.05. The molecule has 2 aromatic carbocycles. The molecular weight excluding hydrogens is 286 g/mol. The molecule has 6 heteroatoms. The average Bonchev–Trinajstić information content (AvgIpc) is 2.40. The number of aryl methyl sites for hydroxylation is 3. The summed E-state index contributed by atoms with van der Waals surface area (Å²) >= 11 is 0. The van der Waals surface area contributed by atoms with Crippen molar-refractivity contribution in [1.82, 2.24) is 0 Å². The Balaban J connectivity index is 2.48. The molecule has 21 heavy (non-hydrogen) atoms. The normalized spacial score (nSPS) is 11.2. The number of nitrogens with two attached hydrogens (primary N) is 1. The van der Waals surface area contributed by atoms with Crippen molar-refractivity contribution in [3.63, 3.8) is 0 Å². The second kappa shape index (κ2) is 5.75. The molecule has 0 saturated carbocycles. The lowest BCUT2D eigenvalue weighted by atomic mass is 10.1. The number of hydrogen-bond acceptors (Lipinski definition) is 4. The first-order chi connectivity index (χ1) is 9.85. The van der Waals surface area contributed by atoms with Crippen molar-refractivity contribution in [1.29, 1.82) is 0 Å². The highest BCUT2D eigenvalue weighted by Crippen LogP contribution is 2.27. The van der Waals surface area contributed by atoms with Crippen molar-refractivity contribution < 1.29 is 8.42 Å². The fourth-order valence-electron chi connectivity index (χ4n) is 2.34. The van der Waals surface area contributed by atoms with Gasteiger partial charge >= 0.3 is 0 Å². The summed E-state index contributed by atoms with van der Waals surface area (Å²) in [5.74, 6) is 5.38. The number of para-hydroxylation sites is 1. The van der Waals surface area contributed by atoms with E-state index < -0.39 is 10.0 Å². The quantitative estimate of drug-likeness (QED) is 0.599. The summed E-state index contributed by atoms with van der Waals surface area (Å²) in [7, 11) is -3.64. The van der Waals surface area contributed by atoms with E-state index >= 15 is 0 Å². The van der Waals surface area contributed by atoms with E-state index in [1.807, 2.05) is 19.1 Å². The van der Waals surface area contributed by atoms with Crippen LogP contribution in [0, 0.1) is 20.8 Å². The third-order valence-electron chi connectivity index (χ3n) is 3.29. The number of anilines is 2. The monoisotopic (exact) mass is 305 g/mol. The van der Waals surface area contributed by atoms with Gasteiger partial charge in [0.1, 0.15) is 0 Å². The van der Waals surface area contributed by atoms with Crippen LogP contribution in [0.15, 0.2) is 41.3 Å². The molecule has 0 spiro atoms. The van der Waals surface area contributed by atoms with E-state index in [-0.39, 0.29) is 4.90 Å². The molecule has 112 valence electrons. The van der Waals surface area contributed by atoms with E-state index in [2.05, 4.69) is 10.1 Å². The highest BCUT2D eigenvalue weighted by Gasteiger charge is 2.20. The van der Waals surface area contributed by atoms with E-state index in [1.165, 1.54) is 0 Å². The van der Waals surface area contributed by atoms with Crippen LogP contribution in [0.2, 0.25) is 0 Å². The fourth-order valence-corrected chi connectivity index (χ4v) is 3.93. The zero-order valence-electron chi connectivity index (χ0n) is 12.3. The molecule has 0 atom stereocenters. The minimum atomic E-state index is -3.64. The summed E-state index contributed by atoms with van der Waals surface area (Å²) < 4.78 is 27.9. The van der Waals surface area contributed by atoms with Crippen LogP contribution in [0.5, 0.6) is 0 Å². The number of sulfonamides is 1. The molecule has 4 N–H and O–H groups in total. The molecule has 0 unspecified atom stereocenters. The van der Waals surface area contributed by atoms with Crippen molar-refractivity contribution in [2.45, 2.75) is 25.7 Å². The highest BCUT2D eigenvalue weighted by atomic mass is 32.2. The van der Waals surface area contributed by atoms with Gasteiger partial charge in [-0.1, -0.05) is 18.2 Å². The fraction of sp³-hybridized carbons (Fsp3) is 0.200. The van der Waals surface area contributed by atoms with Crippen LogP contribution < -0.4 is 16.0 Å². The summed E-state index contributed by atoms with van der Waals surface area (Å²) in [5.41, 5.74) is 5.95. The Labute approximate surface area is 125 Å². The molecule has 0 heterocycles. The third kappa shape index (κ3) is 3.17. The van der Waals surface area contributed by atoms with E-state index in [9.17, 15) is 8.42 Å². The van der Waals surface area contributed by atoms with E-state index in [1.54, 1.807) is 38.1 Å². The molecular formula is C15H19N3O2S. The van der Waals surface area contributed by atoms with Gasteiger partial charge in [0.05, 0.1) is 10.6 Å². The van der Waals surface area contributed by atoms with Crippen molar-refractivity contribution in [2.24, 2.45) is 5.84 Å². The van der Waals surface area contributed by atoms with Crippen LogP contribution in [0.4, 0.5) is 11.4 Å². The van der Waals surface area contributed by atoms with Gasteiger partial charge in [-0.15, -0.1) is 0 Å². The SMILES string of the molecule is Cc1ccccc1NS(=O)(=O)c1c(C)cc(NN)cc1C. The van der Waals surface area contributed by atoms with Gasteiger partial charge in [0.2, 0.25) is 0 Å². The van der Waals surface area contributed by atoms with Gasteiger partial charge in [-0.05, 0) is 55.7 Å². The summed E-state index contributed by atoms with van der Waals surface area (Å²) in [5, 5.41) is 0. The lowest BCUT2D eigenvalue weighted by Gasteiger charge is -2.15. The first-order valence-corrected chi connectivity index (χ1v) is 8.00. The van der Waals surface area contributed by atoms with Crippen molar-refractivity contribution in [3.8, 4) is 0 Å². The van der Waals surface area contributed by atoms with Gasteiger partial charge in [-0.25, -0.2) is 8.42 Å². The predicted octanol–water partition coefficient (Wildman–Crippen LogP) is 2.70. The molecule has 0 aliphatic rings. The van der Waals surface area contributed by atoms with E-state index in [0.29, 0.717) is 22.5 Å². The predicted molar refractivity (Wildman–Crippen MR) is 85.7 cm³/mol. The Morgan fingerprint density at radius 3 is 2.05 bits per heavy atom. The smallest absolute Gasteiger partial charge is 0.262 e. The first kappa shape index (κ1) is 15.3. The molecule has 0 aliphatic heterocycles. The van der Waals surface area contributed by atoms with Gasteiger partial charge in [-0.3, -0.25) is 10.6 Å². The molecule has 0 fully saturated rings. The molecule has 2 rings (SSSR count). The van der Waals surface area contributed by atoms with Crippen LogP contribution in [-0.4, -0.2) is 8.42 Å². The van der Waals surface area contributed by atoms with Gasteiger partial charge < -0.3 is 5.43 Å². The van der Waals surface area contributed by atoms with Crippen molar-refractivity contribution in [2.75, 3.05) is 10.1 Å². The Bertz CT molecular complexity index is 747. The average molecular weight is 305 g/mol. The zero-order valence-corrected chi connectivity index (χ0v) is 13.1. The first-order valence-electron chi connectivity index (χ1n) is 6.51. The van der Waals surface area contributed by atoms with Gasteiger partial charge in [0, 0.05) is 5.69 Å². The zero-order chi connectivity index (χ0) is 15.6. The molecule has 2 aromatic rings. The molecule has 0 aromatic heterocycles. The second-order valence-corrected chi connectivity index (χ2v) is 6.62. The van der Waals surface area contributed by atoms with Crippen LogP contribution in [0.3, 0.4) is 0 Å². The number of rotatable bonds is 4. The van der Waals surface area contributed by atoms with E-state index in [0.717, 1.165) is 5.56 Å². The minimum absolute atomic E-state index is 0.282. The van der Waals surface area contributed by atoms with Crippen molar-refractivity contribution in [3.05, 3.63) is 53.1 Å². The maximum absolute atomic E-state index is 12.6. The minimum Gasteiger partial charge on any atom is -0.324 e. The van der Waals surface area contributed by atoms with Crippen LogP contribution in [0.25, 0.3) is 0 Å². The molecule has 5 nitrogen and oxygen atoms in total. The maximum Gasteiger partial charge on any atom is 0.262 e. The molecule has 0 aliphatic carbocycles. The van der Waals surface area contributed by atoms with Crippen molar-refractivity contribution >= 4 is 21.4 Å². The Kier molecular flexibility index (Phi) is 4.20. The number of nitrogen functional groups attached to an aromatic ring is 1. The second-order valence-electron chi connectivity index (χ2n) is 5.00. The van der Waals surface area contributed by atoms with Gasteiger partial charge in [-0.2, -0.15) is 0 Å². The van der Waals surface area contributed by atoms with Gasteiger partial charge in [0.15, 0.2) is 0 Å². The van der Waals surface area contributed by atoms with Crippen LogP contribution >= 0.6 is 0 Å². The largest absolute Gasteiger partial charge is 0.324 e. The third-order valence-corrected chi connectivity index (χ3v) is 4.96. The Morgan fingerprint density at radius 1 is 0.952 bits per heavy atom. The lowest BCUT2D eigenvalue weighted by molar-refractivity contribution is 0.600. The topological polar surface area (TPSA) is 84.2 Å². The summed E-state index contributed by atoms with van der Waals surface area (Å²) in [6, 6.07) is 10.7.